The molecule has 27 heavy (non-hydrogen) atoms. The predicted octanol–water partition coefficient (Wildman–Crippen LogP) is 5.18. The smallest absolute Gasteiger partial charge is 0.257 e. The van der Waals surface area contributed by atoms with Gasteiger partial charge in [-0.25, -0.2) is 9.97 Å². The number of benzene rings is 2. The highest BCUT2D eigenvalue weighted by Crippen LogP contribution is 2.24. The van der Waals surface area contributed by atoms with Gasteiger partial charge in [-0.05, 0) is 43.7 Å². The molecule has 0 bridgehead atoms. The molecule has 1 amide bonds. The van der Waals surface area contributed by atoms with Crippen LogP contribution >= 0.6 is 23.1 Å². The highest BCUT2D eigenvalue weighted by molar-refractivity contribution is 7.98. The predicted molar refractivity (Wildman–Crippen MR) is 112 cm³/mol. The number of aromatic nitrogens is 3. The summed E-state index contributed by atoms with van der Waals surface area (Å²) in [7, 11) is 0. The van der Waals surface area contributed by atoms with Crippen molar-refractivity contribution in [2.45, 2.75) is 24.8 Å². The Hall–Kier alpha value is -2.64. The number of thiazole rings is 1. The number of nitrogens with zero attached hydrogens (tertiary/aromatic N) is 2. The lowest BCUT2D eigenvalue weighted by molar-refractivity contribution is 0.102. The molecular weight excluding hydrogens is 376 g/mol. The topological polar surface area (TPSA) is 70.7 Å². The Kier molecular flexibility index (Phi) is 4.96. The number of aromatic amines is 1. The number of nitrogens with one attached hydrogen (secondary N) is 2. The van der Waals surface area contributed by atoms with Crippen molar-refractivity contribution in [1.82, 2.24) is 15.0 Å². The van der Waals surface area contributed by atoms with Crippen molar-refractivity contribution in [1.29, 1.82) is 0 Å². The molecule has 0 aliphatic heterocycles. The number of carbonyl (C=O) groups is 1. The Labute approximate surface area is 165 Å². The third-order valence-corrected chi connectivity index (χ3v) is 6.14. The van der Waals surface area contributed by atoms with Gasteiger partial charge in [-0.2, -0.15) is 0 Å². The first-order valence-corrected chi connectivity index (χ1v) is 10.3. The van der Waals surface area contributed by atoms with Crippen LogP contribution in [0.3, 0.4) is 0 Å². The molecule has 2 aromatic heterocycles. The van der Waals surface area contributed by atoms with Crippen molar-refractivity contribution in [3.63, 3.8) is 0 Å². The zero-order valence-electron chi connectivity index (χ0n) is 14.9. The van der Waals surface area contributed by atoms with E-state index in [1.165, 1.54) is 11.3 Å². The van der Waals surface area contributed by atoms with E-state index in [4.69, 9.17) is 0 Å². The van der Waals surface area contributed by atoms with Crippen molar-refractivity contribution in [3.8, 4) is 0 Å². The molecule has 0 saturated carbocycles. The molecule has 0 unspecified atom stereocenters. The highest BCUT2D eigenvalue weighted by atomic mass is 32.2. The van der Waals surface area contributed by atoms with Gasteiger partial charge in [0.1, 0.15) is 0 Å². The van der Waals surface area contributed by atoms with E-state index in [0.29, 0.717) is 10.7 Å². The van der Waals surface area contributed by atoms with E-state index in [9.17, 15) is 4.79 Å². The number of imidazole rings is 1. The Bertz CT molecular complexity index is 1050. The molecule has 0 aliphatic carbocycles. The summed E-state index contributed by atoms with van der Waals surface area (Å²) >= 11 is 3.14. The van der Waals surface area contributed by atoms with E-state index in [-0.39, 0.29) is 5.91 Å². The third kappa shape index (κ3) is 4.04. The third-order valence-electron chi connectivity index (χ3n) is 4.21. The molecule has 136 valence electrons. The van der Waals surface area contributed by atoms with Crippen molar-refractivity contribution < 1.29 is 4.79 Å². The maximum absolute atomic E-state index is 12.4. The molecule has 0 radical (unpaired) electrons. The lowest BCUT2D eigenvalue weighted by atomic mass is 10.1. The number of H-pyrrole nitrogens is 1. The summed E-state index contributed by atoms with van der Waals surface area (Å²) in [4.78, 5) is 25.7. The number of thioether (sulfide) groups is 1. The fourth-order valence-corrected chi connectivity index (χ4v) is 4.25. The van der Waals surface area contributed by atoms with Crippen LogP contribution in [0.1, 0.15) is 26.5 Å². The number of hydrogen-bond donors (Lipinski definition) is 2. The number of carbonyl (C=O) groups excluding carboxylic acids is 1. The first-order chi connectivity index (χ1) is 13.1. The van der Waals surface area contributed by atoms with Crippen LogP contribution in [0.25, 0.3) is 11.0 Å². The first kappa shape index (κ1) is 17.8. The fraction of sp³-hybridized carbons (Fsp3) is 0.150. The zero-order valence-corrected chi connectivity index (χ0v) is 16.6. The molecule has 4 rings (SSSR count). The summed E-state index contributed by atoms with van der Waals surface area (Å²) in [5, 5.41) is 4.39. The Morgan fingerprint density at radius 2 is 1.89 bits per heavy atom. The standard InChI is InChI=1S/C20H18N4OS2/c1-12-13(2)27-20(21-12)24-18(25)15-9-7-14(8-10-15)11-26-19-22-16-5-3-4-6-17(16)23-19/h3-10H,11H2,1-2H3,(H,22,23)(H,21,24,25). The lowest BCUT2D eigenvalue weighted by Gasteiger charge is -2.04. The van der Waals surface area contributed by atoms with Gasteiger partial charge in [-0.1, -0.05) is 36.0 Å². The van der Waals surface area contributed by atoms with E-state index in [0.717, 1.165) is 38.1 Å². The minimum absolute atomic E-state index is 0.139. The van der Waals surface area contributed by atoms with Gasteiger partial charge in [-0.3, -0.25) is 10.1 Å². The van der Waals surface area contributed by atoms with E-state index in [1.807, 2.05) is 62.4 Å². The van der Waals surface area contributed by atoms with Gasteiger partial charge in [-0.15, -0.1) is 11.3 Å². The number of rotatable bonds is 5. The molecular formula is C20H18N4OS2. The Balaban J connectivity index is 1.38. The van der Waals surface area contributed by atoms with Crippen molar-refractivity contribution in [2.75, 3.05) is 5.32 Å². The molecule has 0 saturated heterocycles. The summed E-state index contributed by atoms with van der Waals surface area (Å²) in [6, 6.07) is 15.6. The zero-order chi connectivity index (χ0) is 18.8. The molecule has 5 nitrogen and oxygen atoms in total. The van der Waals surface area contributed by atoms with Crippen LogP contribution in [0.5, 0.6) is 0 Å². The lowest BCUT2D eigenvalue weighted by Crippen LogP contribution is -2.11. The van der Waals surface area contributed by atoms with Gasteiger partial charge in [0, 0.05) is 16.2 Å². The monoisotopic (exact) mass is 394 g/mol. The average molecular weight is 395 g/mol. The number of amides is 1. The van der Waals surface area contributed by atoms with Gasteiger partial charge in [0.25, 0.3) is 5.91 Å². The second-order valence-electron chi connectivity index (χ2n) is 6.16. The maximum atomic E-state index is 12.4. The largest absolute Gasteiger partial charge is 0.333 e. The van der Waals surface area contributed by atoms with Crippen LogP contribution in [-0.4, -0.2) is 20.9 Å². The SMILES string of the molecule is Cc1nc(NC(=O)c2ccc(CSc3nc4ccccc4[nH]3)cc2)sc1C. The van der Waals surface area contributed by atoms with Crippen LogP contribution in [0.4, 0.5) is 5.13 Å². The quantitative estimate of drug-likeness (QED) is 0.458. The molecule has 0 spiro atoms. The number of hydrogen-bond acceptors (Lipinski definition) is 5. The average Bonchev–Trinajstić information content (AvgIpc) is 3.22. The van der Waals surface area contributed by atoms with Crippen LogP contribution in [0.15, 0.2) is 53.7 Å². The molecule has 0 fully saturated rings. The van der Waals surface area contributed by atoms with Crippen LogP contribution in [0.2, 0.25) is 0 Å². The molecule has 2 N–H and O–H groups in total. The van der Waals surface area contributed by atoms with E-state index >= 15 is 0 Å². The van der Waals surface area contributed by atoms with Crippen molar-refractivity contribution in [2.24, 2.45) is 0 Å². The summed E-state index contributed by atoms with van der Waals surface area (Å²) < 4.78 is 0. The molecule has 2 heterocycles. The summed E-state index contributed by atoms with van der Waals surface area (Å²) in [5.41, 5.74) is 4.73. The van der Waals surface area contributed by atoms with Gasteiger partial charge in [0.2, 0.25) is 0 Å². The molecule has 0 aliphatic rings. The van der Waals surface area contributed by atoms with Gasteiger partial charge < -0.3 is 4.98 Å². The Morgan fingerprint density at radius 3 is 2.59 bits per heavy atom. The number of para-hydroxylation sites is 2. The van der Waals surface area contributed by atoms with Gasteiger partial charge in [0.05, 0.1) is 16.7 Å². The van der Waals surface area contributed by atoms with Crippen molar-refractivity contribution in [3.05, 3.63) is 70.2 Å². The number of anilines is 1. The minimum Gasteiger partial charge on any atom is -0.333 e. The van der Waals surface area contributed by atoms with Crippen molar-refractivity contribution >= 4 is 45.2 Å². The highest BCUT2D eigenvalue weighted by Gasteiger charge is 2.10. The fourth-order valence-electron chi connectivity index (χ4n) is 2.60. The molecule has 0 atom stereocenters. The van der Waals surface area contributed by atoms with E-state index < -0.39 is 0 Å². The summed E-state index contributed by atoms with van der Waals surface area (Å²) in [6.45, 7) is 3.94. The summed E-state index contributed by atoms with van der Waals surface area (Å²) in [5.74, 6) is 0.646. The van der Waals surface area contributed by atoms with Gasteiger partial charge in [0.15, 0.2) is 10.3 Å². The normalized spacial score (nSPS) is 11.0. The van der Waals surface area contributed by atoms with Crippen LogP contribution in [0, 0.1) is 13.8 Å². The van der Waals surface area contributed by atoms with E-state index in [2.05, 4.69) is 20.3 Å². The van der Waals surface area contributed by atoms with Gasteiger partial charge >= 0.3 is 0 Å². The maximum Gasteiger partial charge on any atom is 0.257 e. The van der Waals surface area contributed by atoms with Crippen LogP contribution < -0.4 is 5.32 Å². The molecule has 4 aromatic rings. The minimum atomic E-state index is -0.139. The van der Waals surface area contributed by atoms with Crippen LogP contribution in [-0.2, 0) is 5.75 Å². The Morgan fingerprint density at radius 1 is 1.11 bits per heavy atom. The first-order valence-electron chi connectivity index (χ1n) is 8.50. The summed E-state index contributed by atoms with van der Waals surface area (Å²) in [6.07, 6.45) is 0. The number of fused-ring (bicyclic) bond motifs is 1. The number of aryl methyl sites for hydroxylation is 2. The second kappa shape index (κ2) is 7.54. The molecule has 2 aromatic carbocycles. The molecule has 7 heteroatoms. The second-order valence-corrected chi connectivity index (χ2v) is 8.33. The van der Waals surface area contributed by atoms with E-state index in [1.54, 1.807) is 11.8 Å².